The molecule has 5 nitrogen and oxygen atoms in total. The van der Waals surface area contributed by atoms with Crippen LogP contribution < -0.4 is 9.64 Å². The zero-order valence-corrected chi connectivity index (χ0v) is 20.1. The summed E-state index contributed by atoms with van der Waals surface area (Å²) in [6.45, 7) is 1.93. The monoisotopic (exact) mass is 485 g/mol. The molecule has 4 aromatic carbocycles. The summed E-state index contributed by atoms with van der Waals surface area (Å²) < 4.78 is 5.73. The van der Waals surface area contributed by atoms with E-state index in [0.29, 0.717) is 11.3 Å². The summed E-state index contributed by atoms with van der Waals surface area (Å²) in [7, 11) is 0. The van der Waals surface area contributed by atoms with Gasteiger partial charge in [0, 0.05) is 11.8 Å². The van der Waals surface area contributed by atoms with Crippen molar-refractivity contribution < 1.29 is 19.1 Å². The molecule has 2 bridgehead atoms. The van der Waals surface area contributed by atoms with Crippen LogP contribution >= 0.6 is 0 Å². The number of amides is 2. The third-order valence-electron chi connectivity index (χ3n) is 8.33. The molecule has 3 aliphatic carbocycles. The van der Waals surface area contributed by atoms with Gasteiger partial charge in [-0.2, -0.15) is 0 Å². The van der Waals surface area contributed by atoms with Crippen LogP contribution in [0.5, 0.6) is 5.75 Å². The summed E-state index contributed by atoms with van der Waals surface area (Å²) in [4.78, 5) is 42.7. The molecule has 1 heterocycles. The SMILES string of the molecule is C[C@]12C(=O)N(c3ccccc3OC(=O)c3ccccc3)C(=O)[C@@H]1C1c3ccccc3C2c2ccccc21. The Morgan fingerprint density at radius 3 is 1.92 bits per heavy atom. The largest absolute Gasteiger partial charge is 0.421 e. The molecule has 0 N–H and O–H groups in total. The minimum atomic E-state index is -0.957. The molecular formula is C32H23NO4. The van der Waals surface area contributed by atoms with Crippen molar-refractivity contribution in [2.24, 2.45) is 11.3 Å². The highest BCUT2D eigenvalue weighted by molar-refractivity contribution is 6.25. The standard InChI is InChI=1S/C32H23NO4/c1-32-27-22-15-7-5-13-20(22)26(21-14-6-8-16-23(21)27)28(32)29(34)33(31(32)36)24-17-9-10-18-25(24)37-30(35)19-11-3-2-4-12-19/h2-18,26-28H,1H3/t26?,27?,28-,32+/m0/s1. The predicted octanol–water partition coefficient (Wildman–Crippen LogP) is 5.69. The van der Waals surface area contributed by atoms with Gasteiger partial charge in [0.15, 0.2) is 5.75 Å². The van der Waals surface area contributed by atoms with Gasteiger partial charge >= 0.3 is 5.97 Å². The Balaban J connectivity index is 1.36. The van der Waals surface area contributed by atoms with E-state index in [2.05, 4.69) is 24.3 Å². The highest BCUT2D eigenvalue weighted by atomic mass is 16.5. The van der Waals surface area contributed by atoms with E-state index in [1.54, 1.807) is 48.5 Å². The van der Waals surface area contributed by atoms with Crippen LogP contribution in [0.15, 0.2) is 103 Å². The second kappa shape index (κ2) is 7.74. The van der Waals surface area contributed by atoms with E-state index in [9.17, 15) is 14.4 Å². The van der Waals surface area contributed by atoms with E-state index in [-0.39, 0.29) is 29.4 Å². The van der Waals surface area contributed by atoms with Crippen LogP contribution in [-0.2, 0) is 9.59 Å². The average molecular weight is 486 g/mol. The zero-order chi connectivity index (χ0) is 25.3. The summed E-state index contributed by atoms with van der Waals surface area (Å²) in [5, 5.41) is 0. The fraction of sp³-hybridized carbons (Fsp3) is 0.156. The van der Waals surface area contributed by atoms with Gasteiger partial charge in [0.05, 0.1) is 22.6 Å². The lowest BCUT2D eigenvalue weighted by molar-refractivity contribution is -0.128. The summed E-state index contributed by atoms with van der Waals surface area (Å²) in [5.74, 6) is -1.89. The highest BCUT2D eigenvalue weighted by Gasteiger charge is 2.69. The maximum absolute atomic E-state index is 14.4. The molecule has 2 amide bonds. The molecule has 5 heteroatoms. The molecule has 0 unspecified atom stereocenters. The number of esters is 1. The van der Waals surface area contributed by atoms with Gasteiger partial charge in [-0.05, 0) is 53.4 Å². The van der Waals surface area contributed by atoms with Crippen LogP contribution in [0, 0.1) is 11.3 Å². The first-order valence-electron chi connectivity index (χ1n) is 12.4. The van der Waals surface area contributed by atoms with Gasteiger partial charge in [0.2, 0.25) is 11.8 Å². The lowest BCUT2D eigenvalue weighted by Crippen LogP contribution is -2.49. The summed E-state index contributed by atoms with van der Waals surface area (Å²) in [6, 6.07) is 31.8. The number of ether oxygens (including phenoxy) is 1. The lowest BCUT2D eigenvalue weighted by Gasteiger charge is -2.51. The molecule has 1 fully saturated rings. The number of anilines is 1. The Morgan fingerprint density at radius 2 is 1.27 bits per heavy atom. The van der Waals surface area contributed by atoms with Crippen LogP contribution in [0.2, 0.25) is 0 Å². The summed E-state index contributed by atoms with van der Waals surface area (Å²) in [6.07, 6.45) is 0. The van der Waals surface area contributed by atoms with E-state index >= 15 is 0 Å². The normalized spacial score (nSPS) is 24.9. The Bertz CT molecular complexity index is 1560. The van der Waals surface area contributed by atoms with Crippen molar-refractivity contribution in [1.29, 1.82) is 0 Å². The van der Waals surface area contributed by atoms with Crippen molar-refractivity contribution in [2.75, 3.05) is 4.90 Å². The van der Waals surface area contributed by atoms with Crippen LogP contribution in [0.1, 0.15) is 51.4 Å². The molecule has 0 spiro atoms. The van der Waals surface area contributed by atoms with Gasteiger partial charge in [-0.1, -0.05) is 78.9 Å². The van der Waals surface area contributed by atoms with Gasteiger partial charge < -0.3 is 4.74 Å². The van der Waals surface area contributed by atoms with Crippen LogP contribution in [0.25, 0.3) is 0 Å². The molecule has 37 heavy (non-hydrogen) atoms. The third kappa shape index (κ3) is 2.82. The van der Waals surface area contributed by atoms with Crippen molar-refractivity contribution in [2.45, 2.75) is 18.8 Å². The maximum atomic E-state index is 14.4. The number of benzene rings is 4. The second-order valence-corrected chi connectivity index (χ2v) is 10.1. The zero-order valence-electron chi connectivity index (χ0n) is 20.1. The average Bonchev–Trinajstić information content (AvgIpc) is 3.14. The fourth-order valence-corrected chi connectivity index (χ4v) is 6.81. The topological polar surface area (TPSA) is 63.7 Å². The number of rotatable bonds is 3. The molecule has 2 atom stereocenters. The van der Waals surface area contributed by atoms with E-state index in [1.807, 2.05) is 37.3 Å². The van der Waals surface area contributed by atoms with E-state index in [4.69, 9.17) is 4.74 Å². The first-order valence-corrected chi connectivity index (χ1v) is 12.4. The van der Waals surface area contributed by atoms with Gasteiger partial charge in [-0.15, -0.1) is 0 Å². The predicted molar refractivity (Wildman–Crippen MR) is 139 cm³/mol. The fourth-order valence-electron chi connectivity index (χ4n) is 6.81. The van der Waals surface area contributed by atoms with Gasteiger partial charge in [0.25, 0.3) is 0 Å². The van der Waals surface area contributed by atoms with Crippen LogP contribution in [0.4, 0.5) is 5.69 Å². The molecular weight excluding hydrogens is 462 g/mol. The Hall–Kier alpha value is -4.51. The molecule has 4 aliphatic rings. The number of hydrogen-bond acceptors (Lipinski definition) is 4. The van der Waals surface area contributed by atoms with Crippen LogP contribution in [0.3, 0.4) is 0 Å². The second-order valence-electron chi connectivity index (χ2n) is 10.1. The molecule has 4 aromatic rings. The number of carbonyl (C=O) groups excluding carboxylic acids is 3. The lowest BCUT2D eigenvalue weighted by atomic mass is 9.48. The van der Waals surface area contributed by atoms with E-state index < -0.39 is 17.3 Å². The Morgan fingerprint density at radius 1 is 0.730 bits per heavy atom. The van der Waals surface area contributed by atoms with E-state index in [0.717, 1.165) is 22.3 Å². The quantitative estimate of drug-likeness (QED) is 0.212. The minimum absolute atomic E-state index is 0.183. The van der Waals surface area contributed by atoms with Gasteiger partial charge in [0.1, 0.15) is 0 Å². The number of carbonyl (C=O) groups is 3. The molecule has 8 rings (SSSR count). The Labute approximate surface area is 214 Å². The van der Waals surface area contributed by atoms with Crippen molar-refractivity contribution in [1.82, 2.24) is 0 Å². The van der Waals surface area contributed by atoms with Gasteiger partial charge in [-0.3, -0.25) is 9.59 Å². The first-order chi connectivity index (χ1) is 18.0. The number of para-hydroxylation sites is 2. The molecule has 1 aliphatic heterocycles. The van der Waals surface area contributed by atoms with Crippen molar-refractivity contribution >= 4 is 23.5 Å². The number of nitrogens with zero attached hydrogens (tertiary/aromatic N) is 1. The number of imide groups is 1. The molecule has 1 saturated heterocycles. The maximum Gasteiger partial charge on any atom is 0.343 e. The smallest absolute Gasteiger partial charge is 0.343 e. The Kier molecular flexibility index (Phi) is 4.55. The van der Waals surface area contributed by atoms with Crippen molar-refractivity contribution in [3.63, 3.8) is 0 Å². The molecule has 180 valence electrons. The van der Waals surface area contributed by atoms with Crippen LogP contribution in [-0.4, -0.2) is 17.8 Å². The molecule has 0 aromatic heterocycles. The third-order valence-corrected chi connectivity index (χ3v) is 8.33. The minimum Gasteiger partial charge on any atom is -0.421 e. The van der Waals surface area contributed by atoms with Crippen molar-refractivity contribution in [3.8, 4) is 5.75 Å². The highest BCUT2D eigenvalue weighted by Crippen LogP contribution is 2.67. The van der Waals surface area contributed by atoms with E-state index in [1.165, 1.54) is 4.90 Å². The molecule has 0 radical (unpaired) electrons. The van der Waals surface area contributed by atoms with Gasteiger partial charge in [-0.25, -0.2) is 9.69 Å². The number of hydrogen-bond donors (Lipinski definition) is 0. The summed E-state index contributed by atoms with van der Waals surface area (Å²) in [5.41, 5.74) is 4.17. The van der Waals surface area contributed by atoms with Crippen molar-refractivity contribution in [3.05, 3.63) is 131 Å². The molecule has 0 saturated carbocycles. The summed E-state index contributed by atoms with van der Waals surface area (Å²) >= 11 is 0. The first kappa shape index (κ1) is 21.7.